The van der Waals surface area contributed by atoms with Crippen LogP contribution < -0.4 is 19.7 Å². The quantitative estimate of drug-likeness (QED) is 0.182. The monoisotopic (exact) mass is 584 g/mol. The molecule has 1 saturated heterocycles. The number of benzene rings is 4. The summed E-state index contributed by atoms with van der Waals surface area (Å²) in [6.45, 7) is 1.30. The van der Waals surface area contributed by atoms with Crippen molar-refractivity contribution in [2.75, 3.05) is 17.3 Å². The van der Waals surface area contributed by atoms with E-state index < -0.39 is 29.4 Å². The van der Waals surface area contributed by atoms with Gasteiger partial charge in [-0.05, 0) is 59.7 Å². The Kier molecular flexibility index (Phi) is 6.43. The van der Waals surface area contributed by atoms with Crippen molar-refractivity contribution in [1.29, 1.82) is 0 Å². The first-order valence-corrected chi connectivity index (χ1v) is 14.3. The summed E-state index contributed by atoms with van der Waals surface area (Å²) in [5.41, 5.74) is 2.17. The molecule has 4 atom stereocenters. The van der Waals surface area contributed by atoms with E-state index in [1.165, 1.54) is 14.0 Å². The zero-order valence-electron chi connectivity index (χ0n) is 24.0. The second-order valence-electron chi connectivity index (χ2n) is 11.1. The summed E-state index contributed by atoms with van der Waals surface area (Å²) in [7, 11) is 1.52. The molecule has 8 nitrogen and oxygen atoms in total. The van der Waals surface area contributed by atoms with Crippen LogP contribution >= 0.6 is 0 Å². The Balaban J connectivity index is 1.48. The summed E-state index contributed by atoms with van der Waals surface area (Å²) in [6.07, 6.45) is 3.90. The minimum absolute atomic E-state index is 0.300. The van der Waals surface area contributed by atoms with Crippen molar-refractivity contribution in [3.05, 3.63) is 125 Å². The van der Waals surface area contributed by atoms with Gasteiger partial charge in [0.1, 0.15) is 23.0 Å². The number of para-hydroxylation sites is 2. The summed E-state index contributed by atoms with van der Waals surface area (Å²) in [5, 5.41) is 3.03. The highest BCUT2D eigenvalue weighted by molar-refractivity contribution is 6.18. The first kappa shape index (κ1) is 27.3. The summed E-state index contributed by atoms with van der Waals surface area (Å²) in [6, 6.07) is 26.4. The van der Waals surface area contributed by atoms with Gasteiger partial charge in [-0.25, -0.2) is 0 Å². The Morgan fingerprint density at radius 2 is 1.57 bits per heavy atom. The van der Waals surface area contributed by atoms with E-state index in [4.69, 9.17) is 9.47 Å². The van der Waals surface area contributed by atoms with E-state index in [0.717, 1.165) is 11.3 Å². The lowest BCUT2D eigenvalue weighted by Crippen LogP contribution is -2.51. The molecule has 1 N–H and O–H groups in total. The lowest BCUT2D eigenvalue weighted by Gasteiger charge is -2.37. The van der Waals surface area contributed by atoms with Gasteiger partial charge in [0.05, 0.1) is 19.1 Å². The molecule has 1 amide bonds. The molecule has 1 spiro atoms. The van der Waals surface area contributed by atoms with Gasteiger partial charge in [-0.2, -0.15) is 0 Å². The van der Waals surface area contributed by atoms with Crippen LogP contribution in [0.15, 0.2) is 103 Å². The van der Waals surface area contributed by atoms with Crippen LogP contribution in [0.3, 0.4) is 0 Å². The van der Waals surface area contributed by atoms with Crippen LogP contribution in [0.25, 0.3) is 6.08 Å². The number of nitrogens with zero attached hydrogens (tertiary/aromatic N) is 1. The number of carbonyl (C=O) groups is 4. The molecule has 218 valence electrons. The third-order valence-electron chi connectivity index (χ3n) is 8.85. The Morgan fingerprint density at radius 3 is 2.34 bits per heavy atom. The average molecular weight is 585 g/mol. The Morgan fingerprint density at radius 1 is 0.818 bits per heavy atom. The molecular formula is C36H28N2O6. The van der Waals surface area contributed by atoms with Crippen LogP contribution in [0.1, 0.15) is 38.8 Å². The van der Waals surface area contributed by atoms with E-state index in [1.807, 2.05) is 65.6 Å². The first-order chi connectivity index (χ1) is 21.3. The van der Waals surface area contributed by atoms with Crippen LogP contribution in [-0.2, 0) is 15.0 Å². The minimum Gasteiger partial charge on any atom is -0.497 e. The average Bonchev–Trinajstić information content (AvgIpc) is 3.52. The highest BCUT2D eigenvalue weighted by atomic mass is 16.5. The third-order valence-corrected chi connectivity index (χ3v) is 8.85. The van der Waals surface area contributed by atoms with Crippen LogP contribution in [0.5, 0.6) is 11.5 Å². The number of ketones is 2. The second-order valence-corrected chi connectivity index (χ2v) is 11.1. The Bertz CT molecular complexity index is 1880. The zero-order valence-corrected chi connectivity index (χ0v) is 24.0. The fraction of sp³-hybridized carbons (Fsp3) is 0.167. The van der Waals surface area contributed by atoms with E-state index in [0.29, 0.717) is 33.9 Å². The first-order valence-electron chi connectivity index (χ1n) is 14.3. The predicted octanol–water partition coefficient (Wildman–Crippen LogP) is 5.48. The molecule has 4 aromatic carbocycles. The molecule has 0 unspecified atom stereocenters. The molecule has 0 aromatic heterocycles. The standard InChI is InChI=1S/C36H28N2O6/c1-21(39)44-25-17-14-23(15-18-25)34(41)32-31(33(40)24-9-7-10-26(20-24)43-2)36(27-11-4-5-12-28(27)37-35(36)42)30-19-16-22-8-3-6-13-29(22)38(30)32/h3-20,30-32H,1-2H3,(H,37,42)/t30-,31+,32-,36-/m1/s1. The van der Waals surface area contributed by atoms with Gasteiger partial charge in [-0.1, -0.05) is 60.7 Å². The van der Waals surface area contributed by atoms with E-state index >= 15 is 0 Å². The molecule has 0 bridgehead atoms. The van der Waals surface area contributed by atoms with Crippen molar-refractivity contribution in [1.82, 2.24) is 0 Å². The van der Waals surface area contributed by atoms with Crippen molar-refractivity contribution >= 4 is 40.9 Å². The number of carbonyl (C=O) groups excluding carboxylic acids is 4. The molecule has 3 heterocycles. The van der Waals surface area contributed by atoms with Gasteiger partial charge >= 0.3 is 5.97 Å². The van der Waals surface area contributed by atoms with Gasteiger partial charge in [0, 0.05) is 29.4 Å². The number of esters is 1. The molecular weight excluding hydrogens is 556 g/mol. The van der Waals surface area contributed by atoms with Gasteiger partial charge in [-0.3, -0.25) is 19.2 Å². The van der Waals surface area contributed by atoms with Crippen LogP contribution in [0, 0.1) is 5.92 Å². The largest absolute Gasteiger partial charge is 0.497 e. The number of hydrogen-bond acceptors (Lipinski definition) is 7. The Labute approximate surface area is 253 Å². The molecule has 0 aliphatic carbocycles. The summed E-state index contributed by atoms with van der Waals surface area (Å²) >= 11 is 0. The fourth-order valence-electron chi connectivity index (χ4n) is 7.10. The number of fused-ring (bicyclic) bond motifs is 6. The van der Waals surface area contributed by atoms with Crippen molar-refractivity contribution in [3.8, 4) is 11.5 Å². The maximum atomic E-state index is 14.9. The van der Waals surface area contributed by atoms with E-state index in [-0.39, 0.29) is 17.5 Å². The summed E-state index contributed by atoms with van der Waals surface area (Å²) in [5.74, 6) is -1.80. The molecule has 4 aromatic rings. The van der Waals surface area contributed by atoms with Gasteiger partial charge in [0.15, 0.2) is 11.6 Å². The summed E-state index contributed by atoms with van der Waals surface area (Å²) < 4.78 is 10.6. The predicted molar refractivity (Wildman–Crippen MR) is 165 cm³/mol. The van der Waals surface area contributed by atoms with Crippen LogP contribution in [0.4, 0.5) is 11.4 Å². The molecule has 8 heteroatoms. The number of rotatable bonds is 6. The molecule has 0 radical (unpaired) electrons. The smallest absolute Gasteiger partial charge is 0.308 e. The highest BCUT2D eigenvalue weighted by Crippen LogP contribution is 2.58. The van der Waals surface area contributed by atoms with Crippen LogP contribution in [0.2, 0.25) is 0 Å². The van der Waals surface area contributed by atoms with Crippen molar-refractivity contribution in [2.45, 2.75) is 24.4 Å². The van der Waals surface area contributed by atoms with E-state index in [2.05, 4.69) is 5.32 Å². The number of amides is 1. The van der Waals surface area contributed by atoms with Crippen LogP contribution in [-0.4, -0.2) is 42.6 Å². The second kappa shape index (κ2) is 10.3. The number of hydrogen-bond donors (Lipinski definition) is 1. The van der Waals surface area contributed by atoms with Crippen molar-refractivity contribution in [2.24, 2.45) is 5.92 Å². The molecule has 44 heavy (non-hydrogen) atoms. The number of Topliss-reactive ketones (excluding diaryl/α,β-unsaturated/α-hetero) is 2. The highest BCUT2D eigenvalue weighted by Gasteiger charge is 2.70. The minimum atomic E-state index is -1.42. The number of anilines is 2. The lowest BCUT2D eigenvalue weighted by molar-refractivity contribution is -0.131. The van der Waals surface area contributed by atoms with E-state index in [1.54, 1.807) is 48.5 Å². The maximum absolute atomic E-state index is 14.9. The van der Waals surface area contributed by atoms with E-state index in [9.17, 15) is 19.2 Å². The molecule has 0 saturated carbocycles. The maximum Gasteiger partial charge on any atom is 0.308 e. The molecule has 3 aliphatic heterocycles. The van der Waals surface area contributed by atoms with Gasteiger partial charge in [-0.15, -0.1) is 0 Å². The SMILES string of the molecule is COc1cccc(C(=O)[C@@H]2[C@H](C(=O)c3ccc(OC(C)=O)cc3)N3c4ccccc4C=C[C@@H]3[C@@]23C(=O)Nc2ccccc23)c1. The normalized spacial score (nSPS) is 22.5. The third kappa shape index (κ3) is 3.98. The number of methoxy groups -OCH3 is 1. The fourth-order valence-corrected chi connectivity index (χ4v) is 7.10. The van der Waals surface area contributed by atoms with Gasteiger partial charge in [0.2, 0.25) is 5.91 Å². The molecule has 7 rings (SSSR count). The topological polar surface area (TPSA) is 102 Å². The Hall–Kier alpha value is -5.50. The van der Waals surface area contributed by atoms with Gasteiger partial charge < -0.3 is 19.7 Å². The van der Waals surface area contributed by atoms with Crippen molar-refractivity contribution in [3.63, 3.8) is 0 Å². The summed E-state index contributed by atoms with van der Waals surface area (Å²) in [4.78, 5) is 57.6. The molecule has 1 fully saturated rings. The number of ether oxygens (including phenoxy) is 2. The van der Waals surface area contributed by atoms with Crippen molar-refractivity contribution < 1.29 is 28.7 Å². The van der Waals surface area contributed by atoms with Gasteiger partial charge in [0.25, 0.3) is 0 Å². The lowest BCUT2D eigenvalue weighted by atomic mass is 9.64. The molecule has 3 aliphatic rings. The number of nitrogens with one attached hydrogen (secondary N) is 1. The zero-order chi connectivity index (χ0) is 30.6.